The maximum Gasteiger partial charge on any atom is 0.240 e. The standard InChI is InChI=1S/C12H16N4O3S/c1-8-5-10(13)9(2)11(6-8)20(17,18)16-4-3-12-14-7-15-19-12/h5-7,16H,3-4,13H2,1-2H3. The van der Waals surface area contributed by atoms with E-state index in [2.05, 4.69) is 14.9 Å². The fourth-order valence-corrected chi connectivity index (χ4v) is 3.20. The number of nitrogens with one attached hydrogen (secondary N) is 1. The van der Waals surface area contributed by atoms with Crippen molar-refractivity contribution in [3.8, 4) is 0 Å². The molecule has 2 aromatic rings. The van der Waals surface area contributed by atoms with Crippen LogP contribution in [-0.4, -0.2) is 25.1 Å². The highest BCUT2D eigenvalue weighted by Crippen LogP contribution is 2.22. The average Bonchev–Trinajstić information content (AvgIpc) is 2.86. The van der Waals surface area contributed by atoms with Gasteiger partial charge in [0.15, 0.2) is 6.33 Å². The topological polar surface area (TPSA) is 111 Å². The molecule has 3 N–H and O–H groups in total. The zero-order valence-corrected chi connectivity index (χ0v) is 12.1. The van der Waals surface area contributed by atoms with E-state index in [1.54, 1.807) is 26.0 Å². The van der Waals surface area contributed by atoms with Gasteiger partial charge in [-0.05, 0) is 37.1 Å². The lowest BCUT2D eigenvalue weighted by atomic mass is 10.1. The molecule has 0 bridgehead atoms. The van der Waals surface area contributed by atoms with Gasteiger partial charge in [0.05, 0.1) is 4.90 Å². The molecule has 20 heavy (non-hydrogen) atoms. The van der Waals surface area contributed by atoms with Crippen molar-refractivity contribution >= 4 is 15.7 Å². The quantitative estimate of drug-likeness (QED) is 0.789. The Morgan fingerprint density at radius 2 is 2.10 bits per heavy atom. The number of anilines is 1. The molecule has 0 atom stereocenters. The lowest BCUT2D eigenvalue weighted by Crippen LogP contribution is -2.27. The molecule has 0 spiro atoms. The summed E-state index contributed by atoms with van der Waals surface area (Å²) in [6, 6.07) is 3.34. The maximum absolute atomic E-state index is 12.3. The molecule has 1 aromatic carbocycles. The largest absolute Gasteiger partial charge is 0.398 e. The van der Waals surface area contributed by atoms with Gasteiger partial charge in [0.2, 0.25) is 15.9 Å². The molecular weight excluding hydrogens is 280 g/mol. The minimum absolute atomic E-state index is 0.178. The summed E-state index contributed by atoms with van der Waals surface area (Å²) in [5.41, 5.74) is 7.60. The third-order valence-electron chi connectivity index (χ3n) is 2.87. The summed E-state index contributed by atoms with van der Waals surface area (Å²) in [7, 11) is -3.61. The Balaban J connectivity index is 2.14. The summed E-state index contributed by atoms with van der Waals surface area (Å²) in [6.07, 6.45) is 1.61. The van der Waals surface area contributed by atoms with Crippen LogP contribution in [0.1, 0.15) is 17.0 Å². The van der Waals surface area contributed by atoms with Gasteiger partial charge in [-0.2, -0.15) is 4.98 Å². The molecule has 8 heteroatoms. The van der Waals surface area contributed by atoms with Crippen LogP contribution in [0.3, 0.4) is 0 Å². The third kappa shape index (κ3) is 3.14. The molecule has 0 saturated carbocycles. The van der Waals surface area contributed by atoms with Crippen molar-refractivity contribution in [1.29, 1.82) is 0 Å². The fraction of sp³-hybridized carbons (Fsp3) is 0.333. The summed E-state index contributed by atoms with van der Waals surface area (Å²) in [5, 5.41) is 3.45. The summed E-state index contributed by atoms with van der Waals surface area (Å²) >= 11 is 0. The number of sulfonamides is 1. The molecule has 0 amide bonds. The molecule has 0 saturated heterocycles. The Kier molecular flexibility index (Phi) is 4.05. The zero-order valence-electron chi connectivity index (χ0n) is 11.3. The first-order valence-corrected chi connectivity index (χ1v) is 7.50. The van der Waals surface area contributed by atoms with Crippen molar-refractivity contribution in [1.82, 2.24) is 14.9 Å². The molecule has 7 nitrogen and oxygen atoms in total. The number of nitrogens with zero attached hydrogens (tertiary/aromatic N) is 2. The van der Waals surface area contributed by atoms with E-state index in [1.807, 2.05) is 0 Å². The number of aryl methyl sites for hydroxylation is 1. The van der Waals surface area contributed by atoms with E-state index in [1.165, 1.54) is 6.33 Å². The SMILES string of the molecule is Cc1cc(N)c(C)c(S(=O)(=O)NCCc2ncno2)c1. The maximum atomic E-state index is 12.3. The molecule has 108 valence electrons. The number of nitrogen functional groups attached to an aromatic ring is 1. The third-order valence-corrected chi connectivity index (χ3v) is 4.46. The molecule has 1 aromatic heterocycles. The van der Waals surface area contributed by atoms with Crippen LogP contribution in [0.4, 0.5) is 5.69 Å². The van der Waals surface area contributed by atoms with Crippen LogP contribution in [0.2, 0.25) is 0 Å². The zero-order chi connectivity index (χ0) is 14.8. The first-order chi connectivity index (χ1) is 9.40. The van der Waals surface area contributed by atoms with Crippen LogP contribution in [0.5, 0.6) is 0 Å². The molecule has 0 unspecified atom stereocenters. The molecule has 0 radical (unpaired) electrons. The first-order valence-electron chi connectivity index (χ1n) is 6.02. The molecule has 1 heterocycles. The second-order valence-corrected chi connectivity index (χ2v) is 6.20. The summed E-state index contributed by atoms with van der Waals surface area (Å²) < 4.78 is 31.8. The van der Waals surface area contributed by atoms with E-state index >= 15 is 0 Å². The van der Waals surface area contributed by atoms with Crippen LogP contribution in [0.25, 0.3) is 0 Å². The second kappa shape index (κ2) is 5.59. The Labute approximate surface area is 117 Å². The minimum atomic E-state index is -3.61. The van der Waals surface area contributed by atoms with Gasteiger partial charge in [-0.15, -0.1) is 0 Å². The van der Waals surface area contributed by atoms with Gasteiger partial charge < -0.3 is 10.3 Å². The van der Waals surface area contributed by atoms with E-state index in [0.717, 1.165) is 5.56 Å². The van der Waals surface area contributed by atoms with Gasteiger partial charge in [-0.25, -0.2) is 13.1 Å². The van der Waals surface area contributed by atoms with Crippen molar-refractivity contribution in [3.63, 3.8) is 0 Å². The van der Waals surface area contributed by atoms with E-state index in [9.17, 15) is 8.42 Å². The normalized spacial score (nSPS) is 11.7. The van der Waals surface area contributed by atoms with Crippen molar-refractivity contribution < 1.29 is 12.9 Å². The number of benzene rings is 1. The lowest BCUT2D eigenvalue weighted by molar-refractivity contribution is 0.377. The molecular formula is C12H16N4O3S. The van der Waals surface area contributed by atoms with Crippen molar-refractivity contribution in [2.24, 2.45) is 0 Å². The fourth-order valence-electron chi connectivity index (χ4n) is 1.81. The molecule has 0 fully saturated rings. The molecule has 0 aliphatic heterocycles. The summed E-state index contributed by atoms with van der Waals surface area (Å²) in [5.74, 6) is 0.383. The molecule has 0 aliphatic carbocycles. The van der Waals surface area contributed by atoms with Crippen molar-refractivity contribution in [2.75, 3.05) is 12.3 Å². The lowest BCUT2D eigenvalue weighted by Gasteiger charge is -2.11. The van der Waals surface area contributed by atoms with Crippen molar-refractivity contribution in [3.05, 3.63) is 35.5 Å². The Bertz CT molecular complexity index is 696. The molecule has 0 aliphatic rings. The van der Waals surface area contributed by atoms with Crippen molar-refractivity contribution in [2.45, 2.75) is 25.2 Å². The predicted octanol–water partition coefficient (Wildman–Crippen LogP) is 0.790. The van der Waals surface area contributed by atoms with Gasteiger partial charge >= 0.3 is 0 Å². The van der Waals surface area contributed by atoms with E-state index in [4.69, 9.17) is 10.3 Å². The minimum Gasteiger partial charge on any atom is -0.398 e. The van der Waals surface area contributed by atoms with Gasteiger partial charge in [-0.3, -0.25) is 0 Å². The first kappa shape index (κ1) is 14.5. The van der Waals surface area contributed by atoms with Gasteiger partial charge in [0.1, 0.15) is 0 Å². The molecule has 2 rings (SSSR count). The average molecular weight is 296 g/mol. The van der Waals surface area contributed by atoms with Crippen LogP contribution >= 0.6 is 0 Å². The monoisotopic (exact) mass is 296 g/mol. The van der Waals surface area contributed by atoms with E-state index < -0.39 is 10.0 Å². The Morgan fingerprint density at radius 1 is 1.35 bits per heavy atom. The number of rotatable bonds is 5. The summed E-state index contributed by atoms with van der Waals surface area (Å²) in [6.45, 7) is 3.66. The Hall–Kier alpha value is -1.93. The van der Waals surface area contributed by atoms with Crippen LogP contribution in [-0.2, 0) is 16.4 Å². The smallest absolute Gasteiger partial charge is 0.240 e. The van der Waals surface area contributed by atoms with E-state index in [-0.39, 0.29) is 11.4 Å². The van der Waals surface area contributed by atoms with Crippen LogP contribution in [0.15, 0.2) is 27.9 Å². The van der Waals surface area contributed by atoms with E-state index in [0.29, 0.717) is 23.6 Å². The highest BCUT2D eigenvalue weighted by atomic mass is 32.2. The number of hydrogen-bond donors (Lipinski definition) is 2. The predicted molar refractivity (Wildman–Crippen MR) is 73.5 cm³/mol. The highest BCUT2D eigenvalue weighted by Gasteiger charge is 2.18. The van der Waals surface area contributed by atoms with Gasteiger partial charge in [-0.1, -0.05) is 5.16 Å². The number of hydrogen-bond acceptors (Lipinski definition) is 6. The Morgan fingerprint density at radius 3 is 2.75 bits per heavy atom. The van der Waals surface area contributed by atoms with Gasteiger partial charge in [0.25, 0.3) is 0 Å². The highest BCUT2D eigenvalue weighted by molar-refractivity contribution is 7.89. The van der Waals surface area contributed by atoms with Gasteiger partial charge in [0, 0.05) is 18.7 Å². The second-order valence-electron chi connectivity index (χ2n) is 4.46. The number of nitrogens with two attached hydrogens (primary N) is 1. The number of aromatic nitrogens is 2. The van der Waals surface area contributed by atoms with Crippen LogP contribution in [0, 0.1) is 13.8 Å². The van der Waals surface area contributed by atoms with Crippen LogP contribution < -0.4 is 10.5 Å². The summed E-state index contributed by atoms with van der Waals surface area (Å²) in [4.78, 5) is 4.02.